The van der Waals surface area contributed by atoms with Gasteiger partial charge < -0.3 is 4.90 Å². The van der Waals surface area contributed by atoms with Crippen LogP contribution >= 0.6 is 11.3 Å². The van der Waals surface area contributed by atoms with Crippen LogP contribution in [0.2, 0.25) is 0 Å². The van der Waals surface area contributed by atoms with Crippen LogP contribution in [0.25, 0.3) is 0 Å². The van der Waals surface area contributed by atoms with E-state index in [1.54, 1.807) is 11.3 Å². The maximum atomic E-state index is 4.46. The Balaban J connectivity index is 1.49. The summed E-state index contributed by atoms with van der Waals surface area (Å²) in [6, 6.07) is 10.2. The zero-order valence-corrected chi connectivity index (χ0v) is 13.1. The quantitative estimate of drug-likeness (QED) is 0.794. The van der Waals surface area contributed by atoms with Crippen molar-refractivity contribution in [3.63, 3.8) is 0 Å². The molecule has 0 N–H and O–H groups in total. The third-order valence-corrected chi connectivity index (χ3v) is 4.53. The van der Waals surface area contributed by atoms with Gasteiger partial charge in [-0.25, -0.2) is 4.98 Å². The van der Waals surface area contributed by atoms with Crippen molar-refractivity contribution in [1.82, 2.24) is 9.88 Å². The maximum absolute atomic E-state index is 4.46. The van der Waals surface area contributed by atoms with Crippen LogP contribution in [0.3, 0.4) is 0 Å². The van der Waals surface area contributed by atoms with Gasteiger partial charge in [0.05, 0.1) is 6.54 Å². The minimum atomic E-state index is 0.847. The summed E-state index contributed by atoms with van der Waals surface area (Å²) in [5.74, 6) is 6.50. The van der Waals surface area contributed by atoms with Crippen LogP contribution in [-0.2, 0) is 0 Å². The fourth-order valence-corrected chi connectivity index (χ4v) is 3.17. The lowest BCUT2D eigenvalue weighted by molar-refractivity contribution is 0.288. The van der Waals surface area contributed by atoms with Gasteiger partial charge in [0, 0.05) is 42.8 Å². The molecule has 0 atom stereocenters. The summed E-state index contributed by atoms with van der Waals surface area (Å²) in [7, 11) is 0. The van der Waals surface area contributed by atoms with E-state index in [9.17, 15) is 0 Å². The molecule has 1 fully saturated rings. The van der Waals surface area contributed by atoms with Crippen molar-refractivity contribution in [1.29, 1.82) is 0 Å². The number of anilines is 1. The highest BCUT2D eigenvalue weighted by atomic mass is 32.1. The van der Waals surface area contributed by atoms with Gasteiger partial charge in [0.2, 0.25) is 0 Å². The predicted molar refractivity (Wildman–Crippen MR) is 88.8 cm³/mol. The molecule has 2 heterocycles. The average Bonchev–Trinajstić information content (AvgIpc) is 2.96. The number of thiazole rings is 1. The molecule has 0 unspecified atom stereocenters. The first-order valence-electron chi connectivity index (χ1n) is 7.25. The van der Waals surface area contributed by atoms with E-state index in [1.807, 2.05) is 24.4 Å². The lowest BCUT2D eigenvalue weighted by Gasteiger charge is -2.33. The van der Waals surface area contributed by atoms with Gasteiger partial charge in [-0.1, -0.05) is 30.0 Å². The molecule has 2 aromatic rings. The van der Waals surface area contributed by atoms with E-state index in [2.05, 4.69) is 45.7 Å². The smallest absolute Gasteiger partial charge is 0.185 e. The van der Waals surface area contributed by atoms with Crippen LogP contribution in [0.1, 0.15) is 10.4 Å². The molecule has 0 saturated carbocycles. The maximum Gasteiger partial charge on any atom is 0.185 e. The summed E-state index contributed by atoms with van der Waals surface area (Å²) in [6.45, 7) is 7.15. The van der Waals surface area contributed by atoms with Gasteiger partial charge in [0.25, 0.3) is 0 Å². The summed E-state index contributed by atoms with van der Waals surface area (Å²) < 4.78 is 0. The minimum absolute atomic E-state index is 0.847. The molecule has 0 amide bonds. The van der Waals surface area contributed by atoms with Crippen LogP contribution in [0.15, 0.2) is 36.5 Å². The zero-order valence-electron chi connectivity index (χ0n) is 12.2. The molecule has 21 heavy (non-hydrogen) atoms. The highest BCUT2D eigenvalue weighted by molar-refractivity contribution is 7.15. The lowest BCUT2D eigenvalue weighted by atomic mass is 10.2. The Morgan fingerprint density at radius 3 is 2.57 bits per heavy atom. The van der Waals surface area contributed by atoms with Crippen LogP contribution in [0, 0.1) is 18.8 Å². The van der Waals surface area contributed by atoms with Crippen LogP contribution in [0.4, 0.5) is 5.13 Å². The largest absolute Gasteiger partial charge is 0.346 e. The topological polar surface area (TPSA) is 19.4 Å². The molecule has 0 bridgehead atoms. The number of nitrogens with zero attached hydrogens (tertiary/aromatic N) is 3. The Kier molecular flexibility index (Phi) is 4.54. The van der Waals surface area contributed by atoms with Crippen LogP contribution in [0.5, 0.6) is 0 Å². The standard InChI is InChI=1S/C17H19N3S/c1-15-14-18-17(21-15)20-12-10-19(11-13-20)9-5-8-16-6-3-2-4-7-16/h2-4,6-7,14H,9-13H2,1H3. The Hall–Kier alpha value is -1.83. The van der Waals surface area contributed by atoms with Crippen molar-refractivity contribution in [3.8, 4) is 11.8 Å². The summed E-state index contributed by atoms with van der Waals surface area (Å²) in [4.78, 5) is 10.5. The monoisotopic (exact) mass is 297 g/mol. The predicted octanol–water partition coefficient (Wildman–Crippen LogP) is 2.63. The third kappa shape index (κ3) is 3.84. The summed E-state index contributed by atoms with van der Waals surface area (Å²) in [5.41, 5.74) is 1.09. The van der Waals surface area contributed by atoms with Gasteiger partial charge >= 0.3 is 0 Å². The molecule has 0 aliphatic carbocycles. The zero-order chi connectivity index (χ0) is 14.5. The molecule has 0 radical (unpaired) electrons. The molecule has 4 heteroatoms. The van der Waals surface area contributed by atoms with Gasteiger partial charge in [-0.2, -0.15) is 0 Å². The Labute approximate surface area is 130 Å². The number of hydrogen-bond donors (Lipinski definition) is 0. The minimum Gasteiger partial charge on any atom is -0.346 e. The van der Waals surface area contributed by atoms with Crippen molar-refractivity contribution in [3.05, 3.63) is 47.0 Å². The molecule has 1 aliphatic rings. The molecule has 1 aromatic heterocycles. The second-order valence-electron chi connectivity index (χ2n) is 5.18. The van der Waals surface area contributed by atoms with Crippen molar-refractivity contribution in [2.24, 2.45) is 0 Å². The van der Waals surface area contributed by atoms with E-state index < -0.39 is 0 Å². The lowest BCUT2D eigenvalue weighted by Crippen LogP contribution is -2.46. The highest BCUT2D eigenvalue weighted by Gasteiger charge is 2.18. The number of aryl methyl sites for hydroxylation is 1. The Morgan fingerprint density at radius 2 is 1.90 bits per heavy atom. The van der Waals surface area contributed by atoms with Gasteiger partial charge in [-0.3, -0.25) is 4.90 Å². The van der Waals surface area contributed by atoms with Gasteiger partial charge in [-0.15, -0.1) is 11.3 Å². The van der Waals surface area contributed by atoms with E-state index in [1.165, 1.54) is 4.88 Å². The van der Waals surface area contributed by atoms with Gasteiger partial charge in [-0.05, 0) is 19.1 Å². The van der Waals surface area contributed by atoms with Crippen LogP contribution in [-0.4, -0.2) is 42.6 Å². The number of hydrogen-bond acceptors (Lipinski definition) is 4. The van der Waals surface area contributed by atoms with Gasteiger partial charge in [0.1, 0.15) is 0 Å². The first-order valence-corrected chi connectivity index (χ1v) is 8.06. The molecule has 1 saturated heterocycles. The number of aromatic nitrogens is 1. The molecule has 1 aliphatic heterocycles. The fraction of sp³-hybridized carbons (Fsp3) is 0.353. The number of piperazine rings is 1. The molecule has 108 valence electrons. The Bertz CT molecular complexity index is 631. The second-order valence-corrected chi connectivity index (χ2v) is 6.40. The number of rotatable bonds is 2. The first-order chi connectivity index (χ1) is 10.3. The van der Waals surface area contributed by atoms with Crippen molar-refractivity contribution in [2.75, 3.05) is 37.6 Å². The summed E-state index contributed by atoms with van der Waals surface area (Å²) >= 11 is 1.78. The third-order valence-electron chi connectivity index (χ3n) is 3.56. The molecule has 0 spiro atoms. The normalized spacial score (nSPS) is 15.6. The number of benzene rings is 1. The second kappa shape index (κ2) is 6.75. The average molecular weight is 297 g/mol. The van der Waals surface area contributed by atoms with Crippen molar-refractivity contribution < 1.29 is 0 Å². The summed E-state index contributed by atoms with van der Waals surface area (Å²) in [6.07, 6.45) is 1.96. The van der Waals surface area contributed by atoms with E-state index in [0.29, 0.717) is 0 Å². The summed E-state index contributed by atoms with van der Waals surface area (Å²) in [5, 5.41) is 1.16. The SMILES string of the molecule is Cc1cnc(N2CCN(CC#Cc3ccccc3)CC2)s1. The fourth-order valence-electron chi connectivity index (χ4n) is 2.36. The molecule has 1 aromatic carbocycles. The van der Waals surface area contributed by atoms with Gasteiger partial charge in [0.15, 0.2) is 5.13 Å². The molecule has 3 rings (SSSR count). The highest BCUT2D eigenvalue weighted by Crippen LogP contribution is 2.22. The van der Waals surface area contributed by atoms with E-state index in [-0.39, 0.29) is 0 Å². The molecular weight excluding hydrogens is 278 g/mol. The van der Waals surface area contributed by atoms with E-state index in [4.69, 9.17) is 0 Å². The van der Waals surface area contributed by atoms with Crippen molar-refractivity contribution in [2.45, 2.75) is 6.92 Å². The van der Waals surface area contributed by atoms with Crippen molar-refractivity contribution >= 4 is 16.5 Å². The van der Waals surface area contributed by atoms with E-state index >= 15 is 0 Å². The Morgan fingerprint density at radius 1 is 1.14 bits per heavy atom. The van der Waals surface area contributed by atoms with E-state index in [0.717, 1.165) is 43.4 Å². The molecular formula is C17H19N3S. The first kappa shape index (κ1) is 14.1. The van der Waals surface area contributed by atoms with Crippen LogP contribution < -0.4 is 4.90 Å². The molecule has 3 nitrogen and oxygen atoms in total.